The van der Waals surface area contributed by atoms with Gasteiger partial charge in [-0.15, -0.1) is 0 Å². The third kappa shape index (κ3) is 11.5. The summed E-state index contributed by atoms with van der Waals surface area (Å²) in [5, 5.41) is 10.7. The predicted molar refractivity (Wildman–Crippen MR) is 179 cm³/mol. The second-order valence-corrected chi connectivity index (χ2v) is 13.4. The topological polar surface area (TPSA) is 77.7 Å². The van der Waals surface area contributed by atoms with Crippen LogP contribution in [0.4, 0.5) is 0 Å². The van der Waals surface area contributed by atoms with Crippen molar-refractivity contribution in [2.45, 2.75) is 129 Å². The van der Waals surface area contributed by atoms with Gasteiger partial charge < -0.3 is 26.6 Å². The number of hydrogen-bond donors (Lipinski definition) is 4. The number of likely N-dealkylation sites (tertiary alicyclic amines) is 1. The molecule has 0 radical (unpaired) electrons. The normalized spacial score (nSPS) is 25.5. The van der Waals surface area contributed by atoms with E-state index < -0.39 is 0 Å². The van der Waals surface area contributed by atoms with Crippen molar-refractivity contribution in [3.63, 3.8) is 0 Å². The van der Waals surface area contributed by atoms with Gasteiger partial charge in [0.1, 0.15) is 11.7 Å². The summed E-state index contributed by atoms with van der Waals surface area (Å²) in [5.41, 5.74) is 11.9. The fraction of sp³-hybridized carbons (Fsp3) is 0.694. The molecule has 2 fully saturated rings. The SMILES string of the molecule is C/C1=C(CCC2CCCN(C(C)C)CC2)/C=C(/N)NC(=NCc2ccc(CNCCCNC3CCCCC3)cc2)CC1. The molecule has 0 amide bonds. The molecule has 1 saturated heterocycles. The van der Waals surface area contributed by atoms with Crippen molar-refractivity contribution < 1.29 is 0 Å². The van der Waals surface area contributed by atoms with E-state index in [0.717, 1.165) is 62.5 Å². The minimum atomic E-state index is 0.666. The average molecular weight is 577 g/mol. The number of rotatable bonds is 13. The third-order valence-electron chi connectivity index (χ3n) is 9.71. The van der Waals surface area contributed by atoms with Gasteiger partial charge in [0.25, 0.3) is 0 Å². The molecule has 6 nitrogen and oxygen atoms in total. The van der Waals surface area contributed by atoms with Crippen LogP contribution in [0.1, 0.15) is 115 Å². The van der Waals surface area contributed by atoms with Gasteiger partial charge in [0.15, 0.2) is 0 Å². The van der Waals surface area contributed by atoms with Crippen molar-refractivity contribution in [2.24, 2.45) is 16.6 Å². The molecule has 1 aliphatic carbocycles. The van der Waals surface area contributed by atoms with Gasteiger partial charge in [0.05, 0.1) is 6.54 Å². The first kappa shape index (κ1) is 32.8. The Labute approximate surface area is 257 Å². The van der Waals surface area contributed by atoms with Gasteiger partial charge in [-0.2, -0.15) is 0 Å². The highest BCUT2D eigenvalue weighted by Gasteiger charge is 2.19. The summed E-state index contributed by atoms with van der Waals surface area (Å²) in [6.07, 6.45) is 18.7. The Balaban J connectivity index is 1.16. The van der Waals surface area contributed by atoms with Crippen LogP contribution in [0.25, 0.3) is 0 Å². The van der Waals surface area contributed by atoms with E-state index in [1.807, 2.05) is 0 Å². The third-order valence-corrected chi connectivity index (χ3v) is 9.71. The number of nitrogens with zero attached hydrogens (tertiary/aromatic N) is 2. The lowest BCUT2D eigenvalue weighted by Crippen LogP contribution is -2.33. The number of allylic oxidation sites excluding steroid dienone is 3. The zero-order chi connectivity index (χ0) is 29.6. The molecule has 2 heterocycles. The average Bonchev–Trinajstić information content (AvgIpc) is 3.24. The first-order valence-corrected chi connectivity index (χ1v) is 17.2. The van der Waals surface area contributed by atoms with Crippen LogP contribution in [-0.2, 0) is 13.1 Å². The van der Waals surface area contributed by atoms with Crippen LogP contribution in [0.3, 0.4) is 0 Å². The largest absolute Gasteiger partial charge is 0.385 e. The summed E-state index contributed by atoms with van der Waals surface area (Å²) in [6.45, 7) is 13.2. The Morgan fingerprint density at radius 1 is 0.952 bits per heavy atom. The zero-order valence-electron chi connectivity index (χ0n) is 27.0. The molecule has 1 aromatic rings. The zero-order valence-corrected chi connectivity index (χ0v) is 27.0. The highest BCUT2D eigenvalue weighted by Crippen LogP contribution is 2.28. The molecule has 6 heteroatoms. The fourth-order valence-electron chi connectivity index (χ4n) is 6.81. The van der Waals surface area contributed by atoms with Gasteiger partial charge in [0, 0.05) is 25.0 Å². The van der Waals surface area contributed by atoms with Crippen molar-refractivity contribution in [1.82, 2.24) is 20.9 Å². The molecule has 5 N–H and O–H groups in total. The molecule has 0 bridgehead atoms. The Morgan fingerprint density at radius 2 is 1.74 bits per heavy atom. The first-order valence-electron chi connectivity index (χ1n) is 17.2. The summed E-state index contributed by atoms with van der Waals surface area (Å²) in [7, 11) is 0. The molecule has 1 unspecified atom stereocenters. The first-order chi connectivity index (χ1) is 20.5. The van der Waals surface area contributed by atoms with Gasteiger partial charge in [-0.25, -0.2) is 0 Å². The summed E-state index contributed by atoms with van der Waals surface area (Å²) in [5.74, 6) is 2.55. The lowest BCUT2D eigenvalue weighted by atomic mass is 9.90. The summed E-state index contributed by atoms with van der Waals surface area (Å²) in [6, 6.07) is 10.3. The second-order valence-electron chi connectivity index (χ2n) is 13.4. The van der Waals surface area contributed by atoms with Crippen LogP contribution in [0.15, 0.2) is 52.3 Å². The maximum Gasteiger partial charge on any atom is 0.102 e. The number of nitrogens with one attached hydrogen (secondary N) is 3. The molecule has 0 aromatic heterocycles. The molecule has 3 aliphatic rings. The standard InChI is InChI=1S/C36H60N6/c1-28(2)42-23-7-9-30(20-24-42)17-18-33-25-35(37)41-36(19-12-29(33)3)40-27-32-15-13-31(14-16-32)26-38-21-8-22-39-34-10-5-4-6-11-34/h13-16,25,28,30,34,38-39H,4-12,17-24,26-27,37H2,1-3H3,(H,40,41)/b33-29-,35-25-. The van der Waals surface area contributed by atoms with Gasteiger partial charge >= 0.3 is 0 Å². The number of nitrogens with two attached hydrogens (primary N) is 1. The van der Waals surface area contributed by atoms with Gasteiger partial charge in [-0.1, -0.05) is 49.1 Å². The quantitative estimate of drug-likeness (QED) is 0.195. The van der Waals surface area contributed by atoms with Crippen molar-refractivity contribution in [2.75, 3.05) is 26.2 Å². The summed E-state index contributed by atoms with van der Waals surface area (Å²) >= 11 is 0. The van der Waals surface area contributed by atoms with Crippen LogP contribution in [0.5, 0.6) is 0 Å². The van der Waals surface area contributed by atoms with E-state index >= 15 is 0 Å². The molecular weight excluding hydrogens is 516 g/mol. The highest BCUT2D eigenvalue weighted by atomic mass is 15.1. The second kappa shape index (κ2) is 17.8. The maximum atomic E-state index is 6.45. The Morgan fingerprint density at radius 3 is 2.52 bits per heavy atom. The van der Waals surface area contributed by atoms with E-state index in [4.69, 9.17) is 10.7 Å². The summed E-state index contributed by atoms with van der Waals surface area (Å²) in [4.78, 5) is 7.56. The fourth-order valence-corrected chi connectivity index (χ4v) is 6.81. The molecule has 234 valence electrons. The monoisotopic (exact) mass is 576 g/mol. The van der Waals surface area contributed by atoms with Crippen LogP contribution in [0, 0.1) is 5.92 Å². The van der Waals surface area contributed by atoms with Crippen molar-refractivity contribution >= 4 is 5.84 Å². The minimum Gasteiger partial charge on any atom is -0.385 e. The van der Waals surface area contributed by atoms with Gasteiger partial charge in [0.2, 0.25) is 0 Å². The van der Waals surface area contributed by atoms with Crippen molar-refractivity contribution in [3.8, 4) is 0 Å². The molecule has 4 rings (SSSR count). The van der Waals surface area contributed by atoms with Gasteiger partial charge in [-0.3, -0.25) is 4.99 Å². The molecule has 0 spiro atoms. The number of amidine groups is 1. The van der Waals surface area contributed by atoms with Crippen LogP contribution in [0.2, 0.25) is 0 Å². The molecule has 1 saturated carbocycles. The maximum absolute atomic E-state index is 6.45. The Kier molecular flexibility index (Phi) is 13.9. The Hall–Kier alpha value is -2.15. The highest BCUT2D eigenvalue weighted by molar-refractivity contribution is 5.84. The molecule has 1 atom stereocenters. The van der Waals surface area contributed by atoms with E-state index in [1.54, 1.807) is 0 Å². The van der Waals surface area contributed by atoms with Crippen LogP contribution < -0.4 is 21.7 Å². The van der Waals surface area contributed by atoms with E-state index in [9.17, 15) is 0 Å². The molecule has 42 heavy (non-hydrogen) atoms. The van der Waals surface area contributed by atoms with E-state index in [2.05, 4.69) is 72.0 Å². The summed E-state index contributed by atoms with van der Waals surface area (Å²) < 4.78 is 0. The smallest absolute Gasteiger partial charge is 0.102 e. The van der Waals surface area contributed by atoms with Crippen molar-refractivity contribution in [3.05, 3.63) is 58.4 Å². The van der Waals surface area contributed by atoms with E-state index in [0.29, 0.717) is 12.6 Å². The predicted octanol–water partition coefficient (Wildman–Crippen LogP) is 6.78. The molecular formula is C36H60N6. The molecule has 1 aromatic carbocycles. The van der Waals surface area contributed by atoms with E-state index in [-0.39, 0.29) is 0 Å². The van der Waals surface area contributed by atoms with E-state index in [1.165, 1.54) is 99.6 Å². The van der Waals surface area contributed by atoms with Crippen LogP contribution in [-0.4, -0.2) is 49.0 Å². The number of aliphatic imine (C=N–C) groups is 1. The van der Waals surface area contributed by atoms with Gasteiger partial charge in [-0.05, 0) is 133 Å². The lowest BCUT2D eigenvalue weighted by molar-refractivity contribution is 0.227. The molecule has 2 aliphatic heterocycles. The lowest BCUT2D eigenvalue weighted by Gasteiger charge is -2.24. The van der Waals surface area contributed by atoms with Crippen molar-refractivity contribution in [1.29, 1.82) is 0 Å². The van der Waals surface area contributed by atoms with Crippen LogP contribution >= 0.6 is 0 Å². The Bertz CT molecular complexity index is 1020. The minimum absolute atomic E-state index is 0.666. The number of benzene rings is 1. The number of hydrogen-bond acceptors (Lipinski definition) is 5.